The topological polar surface area (TPSA) is 93.5 Å². The third kappa shape index (κ3) is 6.86. The van der Waals surface area contributed by atoms with Crippen molar-refractivity contribution in [1.29, 1.82) is 0 Å². The van der Waals surface area contributed by atoms with Crippen molar-refractivity contribution in [3.05, 3.63) is 39.7 Å². The summed E-state index contributed by atoms with van der Waals surface area (Å²) >= 11 is 6.08. The van der Waals surface area contributed by atoms with E-state index in [1.807, 2.05) is 0 Å². The van der Waals surface area contributed by atoms with Gasteiger partial charge in [-0.15, -0.1) is 0 Å². The van der Waals surface area contributed by atoms with Gasteiger partial charge in [-0.1, -0.05) is 31.9 Å². The lowest BCUT2D eigenvalue weighted by Gasteiger charge is -2.27. The zero-order valence-electron chi connectivity index (χ0n) is 12.9. The highest BCUT2D eigenvalue weighted by Crippen LogP contribution is 2.49. The molecule has 1 rings (SSSR count). The Balaban J connectivity index is 3.22. The molecule has 0 aliphatic rings. The SMILES string of the molecule is O=[N+]([O-])c1ccc(C(OP(=O)(NCCBr)NCCBr)C(F)(F)F)cc1F. The van der Waals surface area contributed by atoms with Crippen molar-refractivity contribution in [2.45, 2.75) is 12.3 Å². The third-order valence-corrected chi connectivity index (χ3v) is 5.43. The molecule has 0 aliphatic heterocycles. The predicted molar refractivity (Wildman–Crippen MR) is 94.1 cm³/mol. The van der Waals surface area contributed by atoms with Crippen LogP contribution in [0.5, 0.6) is 0 Å². The molecule has 7 nitrogen and oxygen atoms in total. The van der Waals surface area contributed by atoms with E-state index in [0.717, 1.165) is 0 Å². The number of nitrogens with zero attached hydrogens (tertiary/aromatic N) is 1. The number of nitro benzene ring substituents is 1. The van der Waals surface area contributed by atoms with E-state index in [9.17, 15) is 32.2 Å². The van der Waals surface area contributed by atoms with E-state index < -0.39 is 41.9 Å². The van der Waals surface area contributed by atoms with Gasteiger partial charge < -0.3 is 0 Å². The van der Waals surface area contributed by atoms with Gasteiger partial charge in [0.15, 0.2) is 6.10 Å². The van der Waals surface area contributed by atoms with Gasteiger partial charge in [0, 0.05) is 29.8 Å². The van der Waals surface area contributed by atoms with Crippen LogP contribution >= 0.6 is 39.5 Å². The van der Waals surface area contributed by atoms with E-state index in [4.69, 9.17) is 4.52 Å². The van der Waals surface area contributed by atoms with Crippen LogP contribution in [0.1, 0.15) is 11.7 Å². The average molecular weight is 531 g/mol. The number of alkyl halides is 5. The Morgan fingerprint density at radius 3 is 2.15 bits per heavy atom. The lowest BCUT2D eigenvalue weighted by atomic mass is 10.1. The van der Waals surface area contributed by atoms with Gasteiger partial charge >= 0.3 is 19.5 Å². The van der Waals surface area contributed by atoms with Crippen LogP contribution in [-0.2, 0) is 9.09 Å². The van der Waals surface area contributed by atoms with Gasteiger partial charge in [0.05, 0.1) is 4.92 Å². The number of nitrogens with one attached hydrogen (secondary N) is 2. The van der Waals surface area contributed by atoms with Crippen LogP contribution in [0, 0.1) is 15.9 Å². The first-order valence-electron chi connectivity index (χ1n) is 6.95. The molecule has 14 heteroatoms. The van der Waals surface area contributed by atoms with Crippen molar-refractivity contribution < 1.29 is 31.6 Å². The fourth-order valence-electron chi connectivity index (χ4n) is 1.80. The summed E-state index contributed by atoms with van der Waals surface area (Å²) in [5, 5.41) is 15.9. The molecule has 1 unspecified atom stereocenters. The second-order valence-corrected chi connectivity index (χ2v) is 8.27. The van der Waals surface area contributed by atoms with Gasteiger partial charge in [0.2, 0.25) is 5.82 Å². The molecule has 0 bridgehead atoms. The summed E-state index contributed by atoms with van der Waals surface area (Å²) in [5.41, 5.74) is -1.73. The maximum absolute atomic E-state index is 13.7. The third-order valence-electron chi connectivity index (χ3n) is 2.85. The van der Waals surface area contributed by atoms with Crippen LogP contribution in [0.4, 0.5) is 23.2 Å². The second kappa shape index (κ2) is 10.1. The maximum atomic E-state index is 13.7. The summed E-state index contributed by atoms with van der Waals surface area (Å²) in [7, 11) is -4.15. The minimum Gasteiger partial charge on any atom is -0.288 e. The Morgan fingerprint density at radius 2 is 1.77 bits per heavy atom. The largest absolute Gasteiger partial charge is 0.419 e. The van der Waals surface area contributed by atoms with Crippen molar-refractivity contribution in [2.24, 2.45) is 0 Å². The number of nitro groups is 1. The molecular formula is C12H14Br2F4N3O4P. The highest BCUT2D eigenvalue weighted by atomic mass is 79.9. The maximum Gasteiger partial charge on any atom is 0.419 e. The number of benzene rings is 1. The molecule has 2 N–H and O–H groups in total. The Hall–Kier alpha value is -0.590. The summed E-state index contributed by atoms with van der Waals surface area (Å²) < 4.78 is 71.3. The molecule has 1 atom stereocenters. The number of hydrogen-bond donors (Lipinski definition) is 2. The molecule has 0 radical (unpaired) electrons. The van der Waals surface area contributed by atoms with Crippen molar-refractivity contribution in [3.8, 4) is 0 Å². The van der Waals surface area contributed by atoms with Crippen molar-refractivity contribution in [1.82, 2.24) is 10.2 Å². The molecule has 0 amide bonds. The summed E-state index contributed by atoms with van der Waals surface area (Å²) in [6, 6.07) is 1.64. The highest BCUT2D eigenvalue weighted by molar-refractivity contribution is 9.09. The fraction of sp³-hybridized carbons (Fsp3) is 0.500. The first-order chi connectivity index (χ1) is 12.0. The molecule has 0 fully saturated rings. The number of hydrogen-bond acceptors (Lipinski definition) is 4. The molecule has 1 aromatic rings. The fourth-order valence-corrected chi connectivity index (χ4v) is 4.42. The van der Waals surface area contributed by atoms with Crippen LogP contribution in [-0.4, -0.2) is 34.8 Å². The summed E-state index contributed by atoms with van der Waals surface area (Å²) in [5.74, 6) is -1.46. The van der Waals surface area contributed by atoms with Gasteiger partial charge in [-0.2, -0.15) is 17.6 Å². The van der Waals surface area contributed by atoms with Crippen molar-refractivity contribution in [3.63, 3.8) is 0 Å². The molecule has 1 aromatic carbocycles. The minimum atomic E-state index is -5.04. The van der Waals surface area contributed by atoms with E-state index in [0.29, 0.717) is 28.9 Å². The monoisotopic (exact) mass is 529 g/mol. The molecule has 0 heterocycles. The Morgan fingerprint density at radius 1 is 1.23 bits per heavy atom. The lowest BCUT2D eigenvalue weighted by Crippen LogP contribution is -2.32. The molecule has 0 spiro atoms. The number of rotatable bonds is 10. The van der Waals surface area contributed by atoms with E-state index in [1.165, 1.54) is 0 Å². The van der Waals surface area contributed by atoms with E-state index in [-0.39, 0.29) is 13.1 Å². The Labute approximate surface area is 162 Å². The predicted octanol–water partition coefficient (Wildman–Crippen LogP) is 4.43. The lowest BCUT2D eigenvalue weighted by molar-refractivity contribution is -0.387. The molecule has 26 heavy (non-hydrogen) atoms. The van der Waals surface area contributed by atoms with Crippen LogP contribution in [0.2, 0.25) is 0 Å². The first-order valence-corrected chi connectivity index (χ1v) is 10.8. The Bertz CT molecular complexity index is 668. The number of halogens is 6. The van der Waals surface area contributed by atoms with Crippen LogP contribution in [0.15, 0.2) is 18.2 Å². The summed E-state index contributed by atoms with van der Waals surface area (Å²) in [6.07, 6.45) is -7.79. The molecule has 0 aromatic heterocycles. The van der Waals surface area contributed by atoms with Crippen LogP contribution < -0.4 is 10.2 Å². The van der Waals surface area contributed by atoms with Crippen LogP contribution in [0.25, 0.3) is 0 Å². The second-order valence-electron chi connectivity index (χ2n) is 4.74. The first kappa shape index (κ1) is 23.4. The van der Waals surface area contributed by atoms with Gasteiger partial charge in [-0.25, -0.2) is 10.2 Å². The molecule has 148 valence electrons. The summed E-state index contributed by atoms with van der Waals surface area (Å²) in [4.78, 5) is 9.54. The molecule has 0 saturated heterocycles. The zero-order valence-corrected chi connectivity index (χ0v) is 17.0. The quantitative estimate of drug-likeness (QED) is 0.153. The van der Waals surface area contributed by atoms with Crippen molar-refractivity contribution in [2.75, 3.05) is 23.7 Å². The zero-order chi connectivity index (χ0) is 20.0. The standard InChI is InChI=1S/C12H14Br2F4N3O4P/c13-3-5-19-26(24,20-6-4-14)25-11(12(16,17)18)8-1-2-10(21(22)23)9(15)7-8/h1-2,7,11H,3-6H2,(H2,19,20,24). The van der Waals surface area contributed by atoms with Crippen LogP contribution in [0.3, 0.4) is 0 Å². The molecule has 0 saturated carbocycles. The summed E-state index contributed by atoms with van der Waals surface area (Å²) in [6.45, 7) is 0.0670. The Kier molecular flexibility index (Phi) is 9.10. The van der Waals surface area contributed by atoms with E-state index >= 15 is 0 Å². The van der Waals surface area contributed by atoms with Gasteiger partial charge in [-0.05, 0) is 17.7 Å². The smallest absolute Gasteiger partial charge is 0.288 e. The van der Waals surface area contributed by atoms with Gasteiger partial charge in [0.1, 0.15) is 0 Å². The van der Waals surface area contributed by atoms with Gasteiger partial charge in [-0.3, -0.25) is 19.2 Å². The van der Waals surface area contributed by atoms with E-state index in [1.54, 1.807) is 0 Å². The minimum absolute atomic E-state index is 0.0335. The van der Waals surface area contributed by atoms with E-state index in [2.05, 4.69) is 42.0 Å². The molecular weight excluding hydrogens is 517 g/mol. The van der Waals surface area contributed by atoms with Gasteiger partial charge in [0.25, 0.3) is 0 Å². The molecule has 0 aliphatic carbocycles. The normalized spacial score (nSPS) is 13.6. The van der Waals surface area contributed by atoms with Crippen molar-refractivity contribution >= 4 is 45.2 Å². The highest BCUT2D eigenvalue weighted by Gasteiger charge is 2.46. The average Bonchev–Trinajstić information content (AvgIpc) is 2.55.